The van der Waals surface area contributed by atoms with Gasteiger partial charge in [0.1, 0.15) is 0 Å². The first-order chi connectivity index (χ1) is 9.31. The molecule has 2 nitrogen and oxygen atoms in total. The number of hydrogen-bond donors (Lipinski definition) is 1. The molecule has 1 aromatic carbocycles. The van der Waals surface area contributed by atoms with Crippen LogP contribution in [0.1, 0.15) is 38.7 Å². The second kappa shape index (κ2) is 7.66. The third-order valence-corrected chi connectivity index (χ3v) is 4.36. The third kappa shape index (κ3) is 4.32. The molecule has 106 valence electrons. The molecule has 2 heteroatoms. The number of benzene rings is 1. The van der Waals surface area contributed by atoms with Crippen molar-refractivity contribution in [1.29, 1.82) is 0 Å². The van der Waals surface area contributed by atoms with Gasteiger partial charge in [0.2, 0.25) is 0 Å². The smallest absolute Gasteiger partial charge is 0.0223 e. The monoisotopic (exact) mass is 260 g/mol. The first-order valence-corrected chi connectivity index (χ1v) is 7.81. The van der Waals surface area contributed by atoms with Crippen LogP contribution in [0.15, 0.2) is 30.3 Å². The van der Waals surface area contributed by atoms with Crippen molar-refractivity contribution in [2.45, 2.75) is 51.6 Å². The topological polar surface area (TPSA) is 15.3 Å². The van der Waals surface area contributed by atoms with Crippen molar-refractivity contribution in [3.8, 4) is 0 Å². The van der Waals surface area contributed by atoms with Gasteiger partial charge in [-0.1, -0.05) is 37.3 Å². The molecule has 1 aromatic rings. The Labute approximate surface area is 118 Å². The maximum atomic E-state index is 3.54. The van der Waals surface area contributed by atoms with Gasteiger partial charge in [0.05, 0.1) is 0 Å². The van der Waals surface area contributed by atoms with Gasteiger partial charge in [0.25, 0.3) is 0 Å². The van der Waals surface area contributed by atoms with Crippen LogP contribution in [0.5, 0.6) is 0 Å². The Bertz CT molecular complexity index is 344. The predicted molar refractivity (Wildman–Crippen MR) is 82.5 cm³/mol. The van der Waals surface area contributed by atoms with Crippen molar-refractivity contribution in [1.82, 2.24) is 10.2 Å². The van der Waals surface area contributed by atoms with E-state index in [2.05, 4.69) is 54.4 Å². The lowest BCUT2D eigenvalue weighted by Gasteiger charge is -2.38. The summed E-state index contributed by atoms with van der Waals surface area (Å²) in [6.07, 6.45) is 5.14. The van der Waals surface area contributed by atoms with Gasteiger partial charge in [-0.05, 0) is 51.3 Å². The Morgan fingerprint density at radius 2 is 2.11 bits per heavy atom. The predicted octanol–water partition coefficient (Wildman–Crippen LogP) is 3.08. The molecule has 1 aliphatic rings. The Balaban J connectivity index is 1.84. The van der Waals surface area contributed by atoms with Gasteiger partial charge in [0.15, 0.2) is 0 Å². The Hall–Kier alpha value is -0.860. The van der Waals surface area contributed by atoms with E-state index in [1.54, 1.807) is 0 Å². The Morgan fingerprint density at radius 1 is 1.32 bits per heavy atom. The SMILES string of the molecule is CCN(C(C)CCc1ccccc1)C1CCCNC1. The zero-order valence-electron chi connectivity index (χ0n) is 12.4. The number of nitrogens with zero attached hydrogens (tertiary/aromatic N) is 1. The number of rotatable bonds is 6. The standard InChI is InChI=1S/C17H28N2/c1-3-19(17-10-7-13-18-14-17)15(2)11-12-16-8-5-4-6-9-16/h4-6,8-9,15,17-18H,3,7,10-14H2,1-2H3. The molecular formula is C17H28N2. The second-order valence-corrected chi connectivity index (χ2v) is 5.70. The summed E-state index contributed by atoms with van der Waals surface area (Å²) < 4.78 is 0. The minimum Gasteiger partial charge on any atom is -0.315 e. The van der Waals surface area contributed by atoms with Gasteiger partial charge in [-0.3, -0.25) is 4.90 Å². The van der Waals surface area contributed by atoms with Crippen molar-refractivity contribution in [2.75, 3.05) is 19.6 Å². The van der Waals surface area contributed by atoms with Crippen molar-refractivity contribution < 1.29 is 0 Å². The van der Waals surface area contributed by atoms with Crippen molar-refractivity contribution in [2.24, 2.45) is 0 Å². The van der Waals surface area contributed by atoms with Crippen LogP contribution >= 0.6 is 0 Å². The maximum absolute atomic E-state index is 3.54. The molecule has 2 unspecified atom stereocenters. The summed E-state index contributed by atoms with van der Waals surface area (Å²) in [5, 5.41) is 3.54. The molecule has 1 saturated heterocycles. The molecule has 0 aliphatic carbocycles. The van der Waals surface area contributed by atoms with Gasteiger partial charge in [0, 0.05) is 18.6 Å². The fraction of sp³-hybridized carbons (Fsp3) is 0.647. The molecule has 1 heterocycles. The second-order valence-electron chi connectivity index (χ2n) is 5.70. The number of likely N-dealkylation sites (N-methyl/N-ethyl adjacent to an activating group) is 1. The molecular weight excluding hydrogens is 232 g/mol. The fourth-order valence-corrected chi connectivity index (χ4v) is 3.23. The number of piperidine rings is 1. The van der Waals surface area contributed by atoms with E-state index in [0.717, 1.165) is 6.04 Å². The van der Waals surface area contributed by atoms with Gasteiger partial charge >= 0.3 is 0 Å². The molecule has 1 N–H and O–H groups in total. The van der Waals surface area contributed by atoms with Crippen LogP contribution in [0.2, 0.25) is 0 Å². The van der Waals surface area contributed by atoms with E-state index in [9.17, 15) is 0 Å². The molecule has 0 radical (unpaired) electrons. The normalized spacial score (nSPS) is 21.5. The van der Waals surface area contributed by atoms with Crippen molar-refractivity contribution in [3.05, 3.63) is 35.9 Å². The molecule has 0 bridgehead atoms. The molecule has 0 saturated carbocycles. The lowest BCUT2D eigenvalue weighted by molar-refractivity contribution is 0.122. The zero-order chi connectivity index (χ0) is 13.5. The van der Waals surface area contributed by atoms with Gasteiger partial charge in [-0.25, -0.2) is 0 Å². The van der Waals surface area contributed by atoms with Crippen molar-refractivity contribution >= 4 is 0 Å². The molecule has 0 amide bonds. The zero-order valence-corrected chi connectivity index (χ0v) is 12.4. The molecule has 19 heavy (non-hydrogen) atoms. The highest BCUT2D eigenvalue weighted by Crippen LogP contribution is 2.17. The van der Waals surface area contributed by atoms with Gasteiger partial charge < -0.3 is 5.32 Å². The average molecular weight is 260 g/mol. The van der Waals surface area contributed by atoms with Crippen LogP contribution in [-0.4, -0.2) is 36.6 Å². The van der Waals surface area contributed by atoms with E-state index in [1.807, 2.05) is 0 Å². The van der Waals surface area contributed by atoms with Gasteiger partial charge in [-0.15, -0.1) is 0 Å². The van der Waals surface area contributed by atoms with Crippen molar-refractivity contribution in [3.63, 3.8) is 0 Å². The molecule has 0 spiro atoms. The summed E-state index contributed by atoms with van der Waals surface area (Å²) in [6, 6.07) is 12.3. The van der Waals surface area contributed by atoms with Crippen LogP contribution in [0.3, 0.4) is 0 Å². The van der Waals surface area contributed by atoms with E-state index in [4.69, 9.17) is 0 Å². The molecule has 1 fully saturated rings. The maximum Gasteiger partial charge on any atom is 0.0223 e. The fourth-order valence-electron chi connectivity index (χ4n) is 3.23. The molecule has 2 atom stereocenters. The summed E-state index contributed by atoms with van der Waals surface area (Å²) in [4.78, 5) is 2.69. The number of nitrogens with one attached hydrogen (secondary N) is 1. The first kappa shape index (κ1) is 14.5. The van der Waals surface area contributed by atoms with Crippen LogP contribution in [-0.2, 0) is 6.42 Å². The van der Waals surface area contributed by atoms with E-state index >= 15 is 0 Å². The first-order valence-electron chi connectivity index (χ1n) is 7.81. The molecule has 0 aromatic heterocycles. The lowest BCUT2D eigenvalue weighted by atomic mass is 10.0. The van der Waals surface area contributed by atoms with Crippen LogP contribution < -0.4 is 5.32 Å². The van der Waals surface area contributed by atoms with Gasteiger partial charge in [-0.2, -0.15) is 0 Å². The molecule has 1 aliphatic heterocycles. The number of aryl methyl sites for hydroxylation is 1. The highest BCUT2D eigenvalue weighted by molar-refractivity contribution is 5.14. The Morgan fingerprint density at radius 3 is 2.74 bits per heavy atom. The highest BCUT2D eigenvalue weighted by atomic mass is 15.2. The van der Waals surface area contributed by atoms with E-state index in [-0.39, 0.29) is 0 Å². The minimum atomic E-state index is 0.676. The van der Waals surface area contributed by atoms with E-state index in [1.165, 1.54) is 50.9 Å². The lowest BCUT2D eigenvalue weighted by Crippen LogP contribution is -2.49. The quantitative estimate of drug-likeness (QED) is 0.845. The summed E-state index contributed by atoms with van der Waals surface area (Å²) in [5.41, 5.74) is 1.46. The third-order valence-electron chi connectivity index (χ3n) is 4.36. The Kier molecular flexibility index (Phi) is 5.87. The summed E-state index contributed by atoms with van der Waals surface area (Å²) in [7, 11) is 0. The summed E-state index contributed by atoms with van der Waals surface area (Å²) in [6.45, 7) is 8.23. The van der Waals surface area contributed by atoms with E-state index < -0.39 is 0 Å². The van der Waals surface area contributed by atoms with Crippen LogP contribution in [0, 0.1) is 0 Å². The van der Waals surface area contributed by atoms with E-state index in [0.29, 0.717) is 6.04 Å². The average Bonchev–Trinajstić information content (AvgIpc) is 2.48. The molecule has 2 rings (SSSR count). The summed E-state index contributed by atoms with van der Waals surface area (Å²) in [5.74, 6) is 0. The summed E-state index contributed by atoms with van der Waals surface area (Å²) >= 11 is 0. The minimum absolute atomic E-state index is 0.676. The highest BCUT2D eigenvalue weighted by Gasteiger charge is 2.23. The van der Waals surface area contributed by atoms with Crippen LogP contribution in [0.4, 0.5) is 0 Å². The van der Waals surface area contributed by atoms with Crippen LogP contribution in [0.25, 0.3) is 0 Å². The largest absolute Gasteiger partial charge is 0.315 e. The number of hydrogen-bond acceptors (Lipinski definition) is 2.